The zero-order valence-electron chi connectivity index (χ0n) is 13.0. The van der Waals surface area contributed by atoms with Gasteiger partial charge in [-0.05, 0) is 48.4 Å². The smallest absolute Gasteiger partial charge is 0.305 e. The summed E-state index contributed by atoms with van der Waals surface area (Å²) >= 11 is 3.31. The molecule has 8 heteroatoms. The van der Waals surface area contributed by atoms with Crippen molar-refractivity contribution in [3.05, 3.63) is 58.6 Å². The molecule has 0 fully saturated rings. The van der Waals surface area contributed by atoms with E-state index in [0.29, 0.717) is 12.1 Å². The van der Waals surface area contributed by atoms with E-state index in [4.69, 9.17) is 0 Å². The van der Waals surface area contributed by atoms with Gasteiger partial charge in [0.15, 0.2) is 0 Å². The number of hydrogen-bond donors (Lipinski definition) is 2. The topological polar surface area (TPSA) is 84.5 Å². The molecule has 0 aliphatic rings. The lowest BCUT2D eigenvalue weighted by Gasteiger charge is -2.10. The molecule has 128 valence electrons. The predicted octanol–water partition coefficient (Wildman–Crippen LogP) is 2.86. The van der Waals surface area contributed by atoms with Crippen LogP contribution in [-0.4, -0.2) is 21.5 Å². The second-order valence-electron chi connectivity index (χ2n) is 4.96. The highest BCUT2D eigenvalue weighted by Gasteiger charge is 2.13. The number of esters is 1. The minimum atomic E-state index is -3.69. The first-order valence-corrected chi connectivity index (χ1v) is 9.37. The molecule has 0 amide bonds. The molecule has 2 aromatic carbocycles. The molecule has 0 radical (unpaired) electrons. The monoisotopic (exact) mass is 412 g/mol. The normalized spacial score (nSPS) is 11.1. The fraction of sp³-hybridized carbons (Fsp3) is 0.188. The second kappa shape index (κ2) is 8.27. The van der Waals surface area contributed by atoms with Crippen LogP contribution in [0.2, 0.25) is 0 Å². The summed E-state index contributed by atoms with van der Waals surface area (Å²) in [6, 6.07) is 13.4. The van der Waals surface area contributed by atoms with Gasteiger partial charge < -0.3 is 10.2 Å². The van der Waals surface area contributed by atoms with Gasteiger partial charge >= 0.3 is 5.97 Å². The number of halogens is 1. The Hall–Kier alpha value is -1.90. The van der Waals surface area contributed by atoms with Crippen LogP contribution in [0.25, 0.3) is 0 Å². The van der Waals surface area contributed by atoms with Crippen LogP contribution < -0.4 is 10.3 Å². The van der Waals surface area contributed by atoms with Gasteiger partial charge in [-0.25, -0.2) is 8.42 Å². The summed E-state index contributed by atoms with van der Waals surface area (Å²) in [5.74, 6) is -0.299. The molecule has 0 spiro atoms. The summed E-state index contributed by atoms with van der Waals surface area (Å²) in [5, 5.41) is 0. The molecule has 0 aliphatic heterocycles. The quantitative estimate of drug-likeness (QED) is 0.539. The number of carbonyl (C=O) groups excluding carboxylic acids is 1. The van der Waals surface area contributed by atoms with E-state index < -0.39 is 10.0 Å². The number of nitrogens with one attached hydrogen (secondary N) is 2. The van der Waals surface area contributed by atoms with Crippen molar-refractivity contribution in [2.24, 2.45) is 0 Å². The zero-order valence-corrected chi connectivity index (χ0v) is 15.4. The third kappa shape index (κ3) is 5.33. The fourth-order valence-corrected chi connectivity index (χ4v) is 3.03. The molecule has 2 N–H and O–H groups in total. The van der Waals surface area contributed by atoms with Gasteiger partial charge in [-0.3, -0.25) is 4.79 Å². The molecule has 6 nitrogen and oxygen atoms in total. The maximum absolute atomic E-state index is 12.2. The number of rotatable bonds is 7. The van der Waals surface area contributed by atoms with Crippen molar-refractivity contribution in [1.29, 1.82) is 0 Å². The van der Waals surface area contributed by atoms with Gasteiger partial charge in [0.2, 0.25) is 0 Å². The maximum Gasteiger partial charge on any atom is 0.305 e. The van der Waals surface area contributed by atoms with Crippen molar-refractivity contribution in [3.63, 3.8) is 0 Å². The number of methoxy groups -OCH3 is 1. The Bertz CT molecular complexity index is 790. The van der Waals surface area contributed by atoms with Crippen molar-refractivity contribution >= 4 is 37.6 Å². The Kier molecular flexibility index (Phi) is 6.36. The van der Waals surface area contributed by atoms with E-state index in [9.17, 15) is 13.2 Å². The summed E-state index contributed by atoms with van der Waals surface area (Å²) < 4.78 is 30.0. The van der Waals surface area contributed by atoms with Crippen molar-refractivity contribution < 1.29 is 17.9 Å². The SMILES string of the molecule is COC(=O)CCc1ccc(S(=O)(=O)NNc2ccc(Br)cc2)cc1. The summed E-state index contributed by atoms with van der Waals surface area (Å²) in [7, 11) is -2.35. The van der Waals surface area contributed by atoms with Crippen molar-refractivity contribution in [1.82, 2.24) is 4.83 Å². The molecule has 0 unspecified atom stereocenters. The summed E-state index contributed by atoms with van der Waals surface area (Å²) in [5.41, 5.74) is 4.14. The number of anilines is 1. The van der Waals surface area contributed by atoms with Crippen LogP contribution in [0.4, 0.5) is 5.69 Å². The molecule has 0 aromatic heterocycles. The molecule has 0 heterocycles. The van der Waals surface area contributed by atoms with E-state index in [0.717, 1.165) is 10.0 Å². The van der Waals surface area contributed by atoms with E-state index in [1.54, 1.807) is 36.4 Å². The van der Waals surface area contributed by atoms with E-state index in [1.165, 1.54) is 19.2 Å². The molecule has 0 atom stereocenters. The van der Waals surface area contributed by atoms with Gasteiger partial charge in [0.1, 0.15) is 0 Å². The first-order valence-electron chi connectivity index (χ1n) is 7.10. The lowest BCUT2D eigenvalue weighted by atomic mass is 10.1. The molecule has 2 aromatic rings. The van der Waals surface area contributed by atoms with Crippen LogP contribution in [0.3, 0.4) is 0 Å². The highest BCUT2D eigenvalue weighted by atomic mass is 79.9. The highest BCUT2D eigenvalue weighted by Crippen LogP contribution is 2.15. The third-order valence-electron chi connectivity index (χ3n) is 3.25. The van der Waals surface area contributed by atoms with Crippen molar-refractivity contribution in [3.8, 4) is 0 Å². The number of benzene rings is 2. The molecule has 2 rings (SSSR count). The van der Waals surface area contributed by atoms with Crippen LogP contribution in [0, 0.1) is 0 Å². The Labute approximate surface area is 149 Å². The number of sulfonamides is 1. The number of hydrazine groups is 1. The first-order chi connectivity index (χ1) is 11.4. The predicted molar refractivity (Wildman–Crippen MR) is 94.9 cm³/mol. The van der Waals surface area contributed by atoms with Gasteiger partial charge in [-0.1, -0.05) is 28.1 Å². The fourth-order valence-electron chi connectivity index (χ4n) is 1.90. The van der Waals surface area contributed by atoms with Crippen LogP contribution >= 0.6 is 15.9 Å². The van der Waals surface area contributed by atoms with Gasteiger partial charge in [0, 0.05) is 16.6 Å². The highest BCUT2D eigenvalue weighted by molar-refractivity contribution is 9.10. The van der Waals surface area contributed by atoms with E-state index in [1.807, 2.05) is 0 Å². The van der Waals surface area contributed by atoms with Gasteiger partial charge in [-0.2, -0.15) is 0 Å². The third-order valence-corrected chi connectivity index (χ3v) is 5.05. The molecule has 0 saturated carbocycles. The minimum absolute atomic E-state index is 0.133. The van der Waals surface area contributed by atoms with Gasteiger partial charge in [-0.15, -0.1) is 4.83 Å². The first kappa shape index (κ1) is 18.4. The van der Waals surface area contributed by atoms with Gasteiger partial charge in [0.25, 0.3) is 10.0 Å². The van der Waals surface area contributed by atoms with Crippen LogP contribution in [0.1, 0.15) is 12.0 Å². The summed E-state index contributed by atoms with van der Waals surface area (Å²) in [6.45, 7) is 0. The molecule has 24 heavy (non-hydrogen) atoms. The van der Waals surface area contributed by atoms with E-state index in [2.05, 4.69) is 30.9 Å². The number of carbonyl (C=O) groups is 1. The van der Waals surface area contributed by atoms with Gasteiger partial charge in [0.05, 0.1) is 12.0 Å². The Morgan fingerprint density at radius 3 is 2.29 bits per heavy atom. The number of ether oxygens (including phenoxy) is 1. The summed E-state index contributed by atoms with van der Waals surface area (Å²) in [4.78, 5) is 13.6. The number of hydrogen-bond acceptors (Lipinski definition) is 5. The van der Waals surface area contributed by atoms with Crippen molar-refractivity contribution in [2.75, 3.05) is 12.5 Å². The van der Waals surface area contributed by atoms with E-state index in [-0.39, 0.29) is 17.3 Å². The van der Waals surface area contributed by atoms with Crippen LogP contribution in [0.15, 0.2) is 57.9 Å². The average molecular weight is 413 g/mol. The molecular formula is C16H17BrN2O4S. The molecule has 0 aliphatic carbocycles. The maximum atomic E-state index is 12.2. The van der Waals surface area contributed by atoms with Crippen molar-refractivity contribution in [2.45, 2.75) is 17.7 Å². The lowest BCUT2D eigenvalue weighted by molar-refractivity contribution is -0.140. The summed E-state index contributed by atoms with van der Waals surface area (Å²) in [6.07, 6.45) is 0.754. The molecule has 0 bridgehead atoms. The largest absolute Gasteiger partial charge is 0.469 e. The van der Waals surface area contributed by atoms with E-state index >= 15 is 0 Å². The second-order valence-corrected chi connectivity index (χ2v) is 7.56. The lowest BCUT2D eigenvalue weighted by Crippen LogP contribution is -2.29. The Morgan fingerprint density at radius 1 is 1.08 bits per heavy atom. The number of aryl methyl sites for hydroxylation is 1. The van der Waals surface area contributed by atoms with Crippen LogP contribution in [-0.2, 0) is 26.0 Å². The average Bonchev–Trinajstić information content (AvgIpc) is 2.59. The standard InChI is InChI=1S/C16H17BrN2O4S/c1-23-16(20)11-4-12-2-9-15(10-3-12)24(21,22)19-18-14-7-5-13(17)6-8-14/h2-3,5-10,18-19H,4,11H2,1H3. The zero-order chi connectivity index (χ0) is 17.6. The Balaban J connectivity index is 1.98. The minimum Gasteiger partial charge on any atom is -0.469 e. The van der Waals surface area contributed by atoms with Crippen LogP contribution in [0.5, 0.6) is 0 Å². The molecule has 0 saturated heterocycles. The Morgan fingerprint density at radius 2 is 1.71 bits per heavy atom. The molecular weight excluding hydrogens is 396 g/mol.